The average molecular weight is 424 g/mol. The minimum atomic E-state index is -0.863. The minimum Gasteiger partial charge on any atom is -0.323 e. The summed E-state index contributed by atoms with van der Waals surface area (Å²) < 4.78 is 1.77. The van der Waals surface area contributed by atoms with Gasteiger partial charge in [0.15, 0.2) is 0 Å². The van der Waals surface area contributed by atoms with Gasteiger partial charge in [-0.2, -0.15) is 5.10 Å². The number of nitrogens with zero attached hydrogens (tertiary/aromatic N) is 3. The molecule has 2 N–H and O–H groups in total. The fourth-order valence-corrected chi connectivity index (χ4v) is 4.72. The largest absolute Gasteiger partial charge is 0.325 e. The molecule has 31 heavy (non-hydrogen) atoms. The zero-order valence-electron chi connectivity index (χ0n) is 18.5. The van der Waals surface area contributed by atoms with Crippen molar-refractivity contribution in [3.8, 4) is 5.69 Å². The number of aromatic nitrogens is 2. The summed E-state index contributed by atoms with van der Waals surface area (Å²) in [6.07, 6.45) is 3.46. The maximum absolute atomic E-state index is 13.1. The average Bonchev–Trinajstić information content (AvgIpc) is 3.14. The fourth-order valence-electron chi connectivity index (χ4n) is 4.72. The first-order valence-electron chi connectivity index (χ1n) is 10.8. The molecule has 1 saturated carbocycles. The van der Waals surface area contributed by atoms with Crippen LogP contribution in [0, 0.1) is 26.7 Å². The van der Waals surface area contributed by atoms with Gasteiger partial charge in [-0.05, 0) is 51.7 Å². The second-order valence-electron chi connectivity index (χ2n) is 8.78. The lowest BCUT2D eigenvalue weighted by Gasteiger charge is -2.36. The van der Waals surface area contributed by atoms with Crippen molar-refractivity contribution in [2.45, 2.75) is 58.9 Å². The number of aryl methyl sites for hydroxylation is 2. The van der Waals surface area contributed by atoms with E-state index in [1.807, 2.05) is 52.0 Å². The van der Waals surface area contributed by atoms with Gasteiger partial charge in [0.05, 0.1) is 22.8 Å². The van der Waals surface area contributed by atoms with Gasteiger partial charge in [0.25, 0.3) is 5.91 Å². The maximum atomic E-state index is 13.1. The third-order valence-corrected chi connectivity index (χ3v) is 6.64. The molecule has 1 saturated heterocycles. The number of nitrogens with one attached hydrogen (secondary N) is 2. The number of imide groups is 1. The van der Waals surface area contributed by atoms with E-state index >= 15 is 0 Å². The molecule has 1 aliphatic carbocycles. The first-order chi connectivity index (χ1) is 14.7. The Balaban J connectivity index is 1.50. The molecule has 1 spiro atoms. The van der Waals surface area contributed by atoms with Crippen molar-refractivity contribution in [2.24, 2.45) is 5.92 Å². The van der Waals surface area contributed by atoms with Crippen LogP contribution in [0.15, 0.2) is 24.3 Å². The van der Waals surface area contributed by atoms with E-state index < -0.39 is 17.5 Å². The van der Waals surface area contributed by atoms with E-state index in [2.05, 4.69) is 15.7 Å². The van der Waals surface area contributed by atoms with Crippen LogP contribution in [0.3, 0.4) is 0 Å². The van der Waals surface area contributed by atoms with Crippen molar-refractivity contribution in [2.75, 3.05) is 11.9 Å². The van der Waals surface area contributed by atoms with Crippen LogP contribution in [0.1, 0.15) is 49.6 Å². The van der Waals surface area contributed by atoms with E-state index in [0.29, 0.717) is 17.8 Å². The Morgan fingerprint density at radius 3 is 2.58 bits per heavy atom. The van der Waals surface area contributed by atoms with Gasteiger partial charge in [0, 0.05) is 0 Å². The summed E-state index contributed by atoms with van der Waals surface area (Å²) in [7, 11) is 0. The number of carbonyl (C=O) groups is 3. The molecule has 1 aromatic carbocycles. The second kappa shape index (κ2) is 7.83. The Kier molecular flexibility index (Phi) is 5.33. The van der Waals surface area contributed by atoms with Crippen LogP contribution >= 0.6 is 0 Å². The van der Waals surface area contributed by atoms with Gasteiger partial charge in [-0.25, -0.2) is 9.48 Å². The standard InChI is InChI=1S/C23H29N5O3/c1-14-8-10-18(11-9-14)28-17(4)20(16(3)26-28)24-19(29)13-27-21(30)23(25-22(27)31)12-6-5-7-15(23)2/h8-11,15H,5-7,12-13H2,1-4H3,(H,24,29)(H,25,31)/t15-,23-/m0/s1. The topological polar surface area (TPSA) is 96.3 Å². The molecular formula is C23H29N5O3. The van der Waals surface area contributed by atoms with Gasteiger partial charge in [-0.15, -0.1) is 0 Å². The molecule has 2 aliphatic rings. The number of anilines is 1. The number of hydrogen-bond donors (Lipinski definition) is 2. The zero-order valence-corrected chi connectivity index (χ0v) is 18.5. The van der Waals surface area contributed by atoms with E-state index in [1.54, 1.807) is 4.68 Å². The smallest absolute Gasteiger partial charge is 0.323 e. The molecule has 0 bridgehead atoms. The van der Waals surface area contributed by atoms with E-state index in [4.69, 9.17) is 0 Å². The Bertz CT molecular complexity index is 1040. The summed E-state index contributed by atoms with van der Waals surface area (Å²) in [6, 6.07) is 7.46. The number of hydrogen-bond acceptors (Lipinski definition) is 4. The molecule has 8 nitrogen and oxygen atoms in total. The lowest BCUT2D eigenvalue weighted by atomic mass is 9.73. The van der Waals surface area contributed by atoms with Crippen LogP contribution < -0.4 is 10.6 Å². The van der Waals surface area contributed by atoms with Crippen LogP contribution in [-0.4, -0.2) is 44.6 Å². The van der Waals surface area contributed by atoms with Crippen LogP contribution in [0.4, 0.5) is 10.5 Å². The van der Waals surface area contributed by atoms with E-state index in [1.165, 1.54) is 0 Å². The number of urea groups is 1. The molecule has 1 aromatic heterocycles. The van der Waals surface area contributed by atoms with Crippen LogP contribution in [0.25, 0.3) is 5.69 Å². The third kappa shape index (κ3) is 3.60. The lowest BCUT2D eigenvalue weighted by molar-refractivity contribution is -0.136. The second-order valence-corrected chi connectivity index (χ2v) is 8.78. The van der Waals surface area contributed by atoms with Crippen LogP contribution in [0.5, 0.6) is 0 Å². The summed E-state index contributed by atoms with van der Waals surface area (Å²) in [5.41, 5.74) is 3.23. The molecule has 2 aromatic rings. The van der Waals surface area contributed by atoms with E-state index in [-0.39, 0.29) is 18.4 Å². The van der Waals surface area contributed by atoms with E-state index in [0.717, 1.165) is 41.1 Å². The molecule has 2 heterocycles. The summed E-state index contributed by atoms with van der Waals surface area (Å²) >= 11 is 0. The summed E-state index contributed by atoms with van der Waals surface area (Å²) in [5, 5.41) is 10.3. The highest BCUT2D eigenvalue weighted by Crippen LogP contribution is 2.38. The number of amides is 4. The van der Waals surface area contributed by atoms with Crippen LogP contribution in [0.2, 0.25) is 0 Å². The Hall–Kier alpha value is -3.16. The molecule has 2 fully saturated rings. The Labute approximate surface area is 182 Å². The molecular weight excluding hydrogens is 394 g/mol. The molecule has 8 heteroatoms. The van der Waals surface area contributed by atoms with Gasteiger partial charge >= 0.3 is 6.03 Å². The molecule has 164 valence electrons. The quantitative estimate of drug-likeness (QED) is 0.738. The third-order valence-electron chi connectivity index (χ3n) is 6.64. The maximum Gasteiger partial charge on any atom is 0.325 e. The van der Waals surface area contributed by atoms with Crippen molar-refractivity contribution in [3.63, 3.8) is 0 Å². The number of rotatable bonds is 4. The molecule has 1 aliphatic heterocycles. The molecule has 2 atom stereocenters. The fraction of sp³-hybridized carbons (Fsp3) is 0.478. The SMILES string of the molecule is Cc1ccc(-n2nc(C)c(NC(=O)CN3C(=O)N[C@]4(CCCC[C@@H]4C)C3=O)c2C)cc1. The molecule has 4 rings (SSSR count). The van der Waals surface area contributed by atoms with Crippen molar-refractivity contribution in [1.29, 1.82) is 0 Å². The predicted octanol–water partition coefficient (Wildman–Crippen LogP) is 3.24. The summed E-state index contributed by atoms with van der Waals surface area (Å²) in [5.74, 6) is -0.648. The number of carbonyl (C=O) groups excluding carboxylic acids is 3. The Morgan fingerprint density at radius 2 is 1.90 bits per heavy atom. The summed E-state index contributed by atoms with van der Waals surface area (Å²) in [4.78, 5) is 39.5. The monoisotopic (exact) mass is 423 g/mol. The van der Waals surface area contributed by atoms with Crippen molar-refractivity contribution in [1.82, 2.24) is 20.0 Å². The van der Waals surface area contributed by atoms with Crippen molar-refractivity contribution in [3.05, 3.63) is 41.2 Å². The van der Waals surface area contributed by atoms with Gasteiger partial charge in [0.1, 0.15) is 12.1 Å². The molecule has 0 unspecified atom stereocenters. The molecule has 4 amide bonds. The number of benzene rings is 1. The van der Waals surface area contributed by atoms with E-state index in [9.17, 15) is 14.4 Å². The van der Waals surface area contributed by atoms with Crippen molar-refractivity contribution < 1.29 is 14.4 Å². The highest BCUT2D eigenvalue weighted by molar-refractivity contribution is 6.10. The normalized spacial score (nSPS) is 23.4. The lowest BCUT2D eigenvalue weighted by Crippen LogP contribution is -2.54. The highest BCUT2D eigenvalue weighted by Gasteiger charge is 2.55. The summed E-state index contributed by atoms with van der Waals surface area (Å²) in [6.45, 7) is 7.40. The minimum absolute atomic E-state index is 0.0583. The van der Waals surface area contributed by atoms with Gasteiger partial charge in [0.2, 0.25) is 5.91 Å². The molecule has 0 radical (unpaired) electrons. The highest BCUT2D eigenvalue weighted by atomic mass is 16.2. The zero-order chi connectivity index (χ0) is 22.3. The van der Waals surface area contributed by atoms with Gasteiger partial charge in [-0.1, -0.05) is 37.5 Å². The predicted molar refractivity (Wildman–Crippen MR) is 117 cm³/mol. The Morgan fingerprint density at radius 1 is 1.19 bits per heavy atom. The van der Waals surface area contributed by atoms with Crippen LogP contribution in [-0.2, 0) is 9.59 Å². The first-order valence-corrected chi connectivity index (χ1v) is 10.8. The van der Waals surface area contributed by atoms with Gasteiger partial charge in [-0.3, -0.25) is 14.5 Å². The first kappa shape index (κ1) is 21.1. The van der Waals surface area contributed by atoms with Crippen molar-refractivity contribution >= 4 is 23.5 Å². The van der Waals surface area contributed by atoms with Gasteiger partial charge < -0.3 is 10.6 Å².